The zero-order chi connectivity index (χ0) is 14.5. The molecule has 0 fully saturated rings. The molecule has 0 aliphatic heterocycles. The van der Waals surface area contributed by atoms with Crippen LogP contribution in [-0.4, -0.2) is 13.2 Å². The number of ether oxygens (including phenoxy) is 1. The first-order chi connectivity index (χ1) is 9.60. The number of methoxy groups -OCH3 is 1. The van der Waals surface area contributed by atoms with Gasteiger partial charge in [0.05, 0.1) is 7.11 Å². The molecule has 0 aliphatic carbocycles. The van der Waals surface area contributed by atoms with Crippen LogP contribution in [-0.2, 0) is 6.42 Å². The van der Waals surface area contributed by atoms with Gasteiger partial charge in [-0.3, -0.25) is 0 Å². The Labute approximate surface area is 129 Å². The second-order valence-corrected chi connectivity index (χ2v) is 5.83. The van der Waals surface area contributed by atoms with Gasteiger partial charge >= 0.3 is 0 Å². The molecule has 0 aromatic heterocycles. The summed E-state index contributed by atoms with van der Waals surface area (Å²) in [6, 6.07) is 14.9. The van der Waals surface area contributed by atoms with Gasteiger partial charge in [0, 0.05) is 16.2 Å². The van der Waals surface area contributed by atoms with E-state index in [2.05, 4.69) is 65.4 Å². The molecule has 0 aliphatic rings. The van der Waals surface area contributed by atoms with E-state index < -0.39 is 0 Å². The van der Waals surface area contributed by atoms with Crippen molar-refractivity contribution in [3.8, 4) is 5.75 Å². The van der Waals surface area contributed by atoms with Gasteiger partial charge in [0.2, 0.25) is 0 Å². The minimum absolute atomic E-state index is 0.362. The predicted octanol–water partition coefficient (Wildman–Crippen LogP) is 4.81. The molecular formula is C17H20BrNO. The third-order valence-electron chi connectivity index (χ3n) is 3.29. The molecule has 2 aromatic carbocycles. The second-order valence-electron chi connectivity index (χ2n) is 5.03. The van der Waals surface area contributed by atoms with Crippen molar-refractivity contribution in [2.45, 2.75) is 26.3 Å². The van der Waals surface area contributed by atoms with Crippen LogP contribution < -0.4 is 10.1 Å². The van der Waals surface area contributed by atoms with E-state index in [0.717, 1.165) is 22.3 Å². The standard InChI is InChI=1S/C17H20BrNO/c1-12-5-4-6-16(17(12)18)19-13(2)11-14-7-9-15(20-3)10-8-14/h4-10,13,19H,11H2,1-3H3. The lowest BCUT2D eigenvalue weighted by Gasteiger charge is -2.17. The fourth-order valence-electron chi connectivity index (χ4n) is 2.19. The quantitative estimate of drug-likeness (QED) is 0.847. The van der Waals surface area contributed by atoms with Crippen LogP contribution in [0.1, 0.15) is 18.1 Å². The van der Waals surface area contributed by atoms with Crippen LogP contribution in [0.3, 0.4) is 0 Å². The minimum atomic E-state index is 0.362. The first kappa shape index (κ1) is 14.9. The number of hydrogen-bond acceptors (Lipinski definition) is 2. The van der Waals surface area contributed by atoms with Crippen LogP contribution in [0.2, 0.25) is 0 Å². The zero-order valence-electron chi connectivity index (χ0n) is 12.1. The number of anilines is 1. The third-order valence-corrected chi connectivity index (χ3v) is 4.35. The summed E-state index contributed by atoms with van der Waals surface area (Å²) >= 11 is 3.63. The normalized spacial score (nSPS) is 12.0. The average Bonchev–Trinajstić information content (AvgIpc) is 2.45. The van der Waals surface area contributed by atoms with Crippen molar-refractivity contribution in [1.29, 1.82) is 0 Å². The van der Waals surface area contributed by atoms with Crippen molar-refractivity contribution in [2.75, 3.05) is 12.4 Å². The highest BCUT2D eigenvalue weighted by atomic mass is 79.9. The highest BCUT2D eigenvalue weighted by Crippen LogP contribution is 2.26. The average molecular weight is 334 g/mol. The Kier molecular flexibility index (Phi) is 5.07. The van der Waals surface area contributed by atoms with Crippen LogP contribution in [0.4, 0.5) is 5.69 Å². The van der Waals surface area contributed by atoms with E-state index in [9.17, 15) is 0 Å². The second kappa shape index (κ2) is 6.80. The molecule has 0 saturated heterocycles. The first-order valence-corrected chi connectivity index (χ1v) is 7.54. The Hall–Kier alpha value is -1.48. The molecule has 1 unspecified atom stereocenters. The monoisotopic (exact) mass is 333 g/mol. The lowest BCUT2D eigenvalue weighted by molar-refractivity contribution is 0.414. The van der Waals surface area contributed by atoms with Gasteiger partial charge in [0.15, 0.2) is 0 Å². The molecule has 0 saturated carbocycles. The summed E-state index contributed by atoms with van der Waals surface area (Å²) in [6.45, 7) is 4.29. The summed E-state index contributed by atoms with van der Waals surface area (Å²) in [5, 5.41) is 3.55. The molecule has 1 N–H and O–H groups in total. The fraction of sp³-hybridized carbons (Fsp3) is 0.294. The Bertz CT molecular complexity index is 566. The largest absolute Gasteiger partial charge is 0.497 e. The van der Waals surface area contributed by atoms with Crippen molar-refractivity contribution >= 4 is 21.6 Å². The smallest absolute Gasteiger partial charge is 0.118 e. The SMILES string of the molecule is COc1ccc(CC(C)Nc2cccc(C)c2Br)cc1. The van der Waals surface area contributed by atoms with Gasteiger partial charge < -0.3 is 10.1 Å². The summed E-state index contributed by atoms with van der Waals surface area (Å²) in [5.74, 6) is 0.899. The highest BCUT2D eigenvalue weighted by molar-refractivity contribution is 9.10. The van der Waals surface area contributed by atoms with E-state index in [1.54, 1.807) is 7.11 Å². The van der Waals surface area contributed by atoms with E-state index in [0.29, 0.717) is 6.04 Å². The number of benzene rings is 2. The minimum Gasteiger partial charge on any atom is -0.497 e. The van der Waals surface area contributed by atoms with E-state index in [-0.39, 0.29) is 0 Å². The maximum absolute atomic E-state index is 5.18. The summed E-state index contributed by atoms with van der Waals surface area (Å²) in [7, 11) is 1.69. The van der Waals surface area contributed by atoms with Crippen LogP contribution >= 0.6 is 15.9 Å². The molecule has 106 valence electrons. The van der Waals surface area contributed by atoms with Crippen LogP contribution in [0.15, 0.2) is 46.9 Å². The Morgan fingerprint density at radius 1 is 1.15 bits per heavy atom. The van der Waals surface area contributed by atoms with Crippen molar-refractivity contribution in [3.05, 3.63) is 58.1 Å². The van der Waals surface area contributed by atoms with E-state index in [4.69, 9.17) is 4.74 Å². The predicted molar refractivity (Wildman–Crippen MR) is 88.7 cm³/mol. The number of halogens is 1. The lowest BCUT2D eigenvalue weighted by atomic mass is 10.1. The Morgan fingerprint density at radius 3 is 2.50 bits per heavy atom. The number of hydrogen-bond donors (Lipinski definition) is 1. The van der Waals surface area contributed by atoms with Crippen LogP contribution in [0, 0.1) is 6.92 Å². The lowest BCUT2D eigenvalue weighted by Crippen LogP contribution is -2.18. The Morgan fingerprint density at radius 2 is 1.85 bits per heavy atom. The van der Waals surface area contributed by atoms with Crippen LogP contribution in [0.25, 0.3) is 0 Å². The summed E-state index contributed by atoms with van der Waals surface area (Å²) in [4.78, 5) is 0. The van der Waals surface area contributed by atoms with Gasteiger partial charge in [-0.25, -0.2) is 0 Å². The van der Waals surface area contributed by atoms with E-state index in [1.807, 2.05) is 12.1 Å². The molecule has 1 atom stereocenters. The number of aryl methyl sites for hydroxylation is 1. The Balaban J connectivity index is 2.01. The van der Waals surface area contributed by atoms with Gasteiger partial charge in [0.25, 0.3) is 0 Å². The van der Waals surface area contributed by atoms with E-state index >= 15 is 0 Å². The molecule has 0 amide bonds. The summed E-state index contributed by atoms with van der Waals surface area (Å²) < 4.78 is 6.32. The molecule has 2 aromatic rings. The summed E-state index contributed by atoms with van der Waals surface area (Å²) in [6.07, 6.45) is 0.977. The third kappa shape index (κ3) is 3.76. The molecule has 0 spiro atoms. The van der Waals surface area contributed by atoms with Crippen molar-refractivity contribution in [2.24, 2.45) is 0 Å². The molecule has 0 heterocycles. The molecule has 3 heteroatoms. The molecule has 2 nitrogen and oxygen atoms in total. The molecule has 0 radical (unpaired) electrons. The molecular weight excluding hydrogens is 314 g/mol. The van der Waals surface area contributed by atoms with Crippen LogP contribution in [0.5, 0.6) is 5.75 Å². The van der Waals surface area contributed by atoms with Gasteiger partial charge in [-0.2, -0.15) is 0 Å². The van der Waals surface area contributed by atoms with E-state index in [1.165, 1.54) is 11.1 Å². The first-order valence-electron chi connectivity index (χ1n) is 6.74. The van der Waals surface area contributed by atoms with Gasteiger partial charge in [-0.05, 0) is 65.5 Å². The molecule has 20 heavy (non-hydrogen) atoms. The van der Waals surface area contributed by atoms with Gasteiger partial charge in [-0.15, -0.1) is 0 Å². The zero-order valence-corrected chi connectivity index (χ0v) is 13.7. The van der Waals surface area contributed by atoms with Crippen molar-refractivity contribution in [3.63, 3.8) is 0 Å². The number of rotatable bonds is 5. The maximum Gasteiger partial charge on any atom is 0.118 e. The molecule has 2 rings (SSSR count). The fourth-order valence-corrected chi connectivity index (χ4v) is 2.57. The van der Waals surface area contributed by atoms with Crippen molar-refractivity contribution < 1.29 is 4.74 Å². The van der Waals surface area contributed by atoms with Gasteiger partial charge in [0.1, 0.15) is 5.75 Å². The van der Waals surface area contributed by atoms with Crippen molar-refractivity contribution in [1.82, 2.24) is 0 Å². The number of nitrogens with one attached hydrogen (secondary N) is 1. The topological polar surface area (TPSA) is 21.3 Å². The van der Waals surface area contributed by atoms with Gasteiger partial charge in [-0.1, -0.05) is 24.3 Å². The molecule has 0 bridgehead atoms. The maximum atomic E-state index is 5.18. The highest BCUT2D eigenvalue weighted by Gasteiger charge is 2.07. The summed E-state index contributed by atoms with van der Waals surface area (Å²) in [5.41, 5.74) is 3.69.